The molecule has 3 aromatic carbocycles. The topological polar surface area (TPSA) is 77.0 Å². The van der Waals surface area contributed by atoms with Crippen molar-refractivity contribution in [3.63, 3.8) is 0 Å². The SMILES string of the molecule is COc1ccc2c(Cl)c(C(=O)Oc3ccc(C=NNC(=O)c4ccccc4Br)cc3)sc2c1. The highest BCUT2D eigenvalue weighted by atomic mass is 79.9. The van der Waals surface area contributed by atoms with Gasteiger partial charge < -0.3 is 9.47 Å². The summed E-state index contributed by atoms with van der Waals surface area (Å²) in [6, 6.07) is 19.2. The van der Waals surface area contributed by atoms with Gasteiger partial charge in [0.1, 0.15) is 16.4 Å². The molecule has 4 aromatic rings. The number of benzene rings is 3. The number of hydrazone groups is 1. The first-order chi connectivity index (χ1) is 16.0. The first-order valence-corrected chi connectivity index (χ1v) is 11.6. The summed E-state index contributed by atoms with van der Waals surface area (Å²) in [5, 5.41) is 5.09. The van der Waals surface area contributed by atoms with Crippen molar-refractivity contribution < 1.29 is 19.1 Å². The third-order valence-corrected chi connectivity index (χ3v) is 6.94. The van der Waals surface area contributed by atoms with Crippen molar-refractivity contribution in [3.05, 3.63) is 92.2 Å². The van der Waals surface area contributed by atoms with E-state index in [4.69, 9.17) is 21.1 Å². The lowest BCUT2D eigenvalue weighted by Gasteiger charge is -2.04. The molecule has 0 atom stereocenters. The Balaban J connectivity index is 1.40. The van der Waals surface area contributed by atoms with Gasteiger partial charge in [-0.2, -0.15) is 5.10 Å². The second-order valence-electron chi connectivity index (χ2n) is 6.74. The van der Waals surface area contributed by atoms with Crippen LogP contribution in [0.2, 0.25) is 5.02 Å². The number of hydrogen-bond acceptors (Lipinski definition) is 6. The summed E-state index contributed by atoms with van der Waals surface area (Å²) in [6.07, 6.45) is 1.50. The van der Waals surface area contributed by atoms with Crippen LogP contribution in [0.3, 0.4) is 0 Å². The van der Waals surface area contributed by atoms with Crippen molar-refractivity contribution in [3.8, 4) is 11.5 Å². The number of thiophene rings is 1. The average molecular weight is 544 g/mol. The minimum Gasteiger partial charge on any atom is -0.497 e. The van der Waals surface area contributed by atoms with Crippen LogP contribution in [0, 0.1) is 0 Å². The van der Waals surface area contributed by atoms with Crippen LogP contribution in [0.15, 0.2) is 76.3 Å². The molecule has 0 aliphatic carbocycles. The van der Waals surface area contributed by atoms with Gasteiger partial charge in [0.2, 0.25) is 0 Å². The molecule has 0 aliphatic heterocycles. The zero-order valence-corrected chi connectivity index (χ0v) is 20.3. The second-order valence-corrected chi connectivity index (χ2v) is 9.03. The van der Waals surface area contributed by atoms with Gasteiger partial charge in [0.05, 0.1) is 23.9 Å². The number of esters is 1. The van der Waals surface area contributed by atoms with Crippen molar-refractivity contribution >= 4 is 67.0 Å². The number of nitrogens with one attached hydrogen (secondary N) is 1. The van der Waals surface area contributed by atoms with E-state index in [1.54, 1.807) is 55.6 Å². The van der Waals surface area contributed by atoms with Gasteiger partial charge in [-0.25, -0.2) is 10.2 Å². The first kappa shape index (κ1) is 23.0. The maximum atomic E-state index is 12.6. The van der Waals surface area contributed by atoms with E-state index in [1.165, 1.54) is 17.6 Å². The number of rotatable bonds is 6. The van der Waals surface area contributed by atoms with Gasteiger partial charge >= 0.3 is 5.97 Å². The van der Waals surface area contributed by atoms with Crippen molar-refractivity contribution in [2.45, 2.75) is 0 Å². The summed E-state index contributed by atoms with van der Waals surface area (Å²) in [6.45, 7) is 0. The van der Waals surface area contributed by atoms with Gasteiger partial charge in [0.25, 0.3) is 5.91 Å². The zero-order valence-electron chi connectivity index (χ0n) is 17.2. The molecule has 6 nitrogen and oxygen atoms in total. The van der Waals surface area contributed by atoms with Crippen LogP contribution in [0.4, 0.5) is 0 Å². The van der Waals surface area contributed by atoms with Crippen LogP contribution < -0.4 is 14.9 Å². The van der Waals surface area contributed by atoms with Crippen LogP contribution in [0.1, 0.15) is 25.6 Å². The highest BCUT2D eigenvalue weighted by Crippen LogP contribution is 2.37. The molecule has 0 saturated carbocycles. The van der Waals surface area contributed by atoms with Crippen molar-refractivity contribution in [2.75, 3.05) is 7.11 Å². The molecule has 0 bridgehead atoms. The number of carbonyl (C=O) groups is 2. The van der Waals surface area contributed by atoms with E-state index in [2.05, 4.69) is 26.5 Å². The summed E-state index contributed by atoms with van der Waals surface area (Å²) < 4.78 is 12.2. The number of ether oxygens (including phenoxy) is 2. The van der Waals surface area contributed by atoms with Crippen molar-refractivity contribution in [1.82, 2.24) is 5.43 Å². The molecule has 166 valence electrons. The smallest absolute Gasteiger partial charge is 0.355 e. The van der Waals surface area contributed by atoms with Crippen molar-refractivity contribution in [1.29, 1.82) is 0 Å². The Labute approximate surface area is 206 Å². The Kier molecular flexibility index (Phi) is 7.08. The summed E-state index contributed by atoms with van der Waals surface area (Å²) in [4.78, 5) is 25.1. The van der Waals surface area contributed by atoms with E-state index in [-0.39, 0.29) is 5.91 Å². The maximum Gasteiger partial charge on any atom is 0.355 e. The van der Waals surface area contributed by atoms with Gasteiger partial charge in [-0.05, 0) is 76.1 Å². The second kappa shape index (κ2) is 10.2. The number of halogens is 2. The molecule has 0 radical (unpaired) electrons. The van der Waals surface area contributed by atoms with E-state index in [1.807, 2.05) is 18.2 Å². The van der Waals surface area contributed by atoms with Gasteiger partial charge in [0, 0.05) is 14.6 Å². The number of amides is 1. The number of nitrogens with zero attached hydrogens (tertiary/aromatic N) is 1. The lowest BCUT2D eigenvalue weighted by Crippen LogP contribution is -2.18. The minimum absolute atomic E-state index is 0.320. The first-order valence-electron chi connectivity index (χ1n) is 9.62. The third-order valence-electron chi connectivity index (χ3n) is 4.61. The van der Waals surface area contributed by atoms with Crippen molar-refractivity contribution in [2.24, 2.45) is 5.10 Å². The normalized spacial score (nSPS) is 11.0. The lowest BCUT2D eigenvalue weighted by molar-refractivity contribution is 0.0739. The fraction of sp³-hybridized carbons (Fsp3) is 0.0417. The van der Waals surface area contributed by atoms with Crippen LogP contribution >= 0.6 is 38.9 Å². The summed E-state index contributed by atoms with van der Waals surface area (Å²) in [5.74, 6) is 0.176. The maximum absolute atomic E-state index is 12.6. The molecule has 4 rings (SSSR count). The highest BCUT2D eigenvalue weighted by Gasteiger charge is 2.19. The molecule has 1 aromatic heterocycles. The van der Waals surface area contributed by atoms with E-state index < -0.39 is 5.97 Å². The largest absolute Gasteiger partial charge is 0.497 e. The number of carbonyl (C=O) groups excluding carboxylic acids is 2. The molecule has 0 unspecified atom stereocenters. The molecule has 0 aliphatic rings. The van der Waals surface area contributed by atoms with Crippen LogP contribution in [-0.2, 0) is 0 Å². The fourth-order valence-corrected chi connectivity index (χ4v) is 4.83. The van der Waals surface area contributed by atoms with Gasteiger partial charge in [-0.3, -0.25) is 4.79 Å². The Bertz CT molecular complexity index is 1370. The molecule has 1 amide bonds. The fourth-order valence-electron chi connectivity index (χ4n) is 2.95. The molecule has 0 fully saturated rings. The van der Waals surface area contributed by atoms with Crippen LogP contribution in [-0.4, -0.2) is 25.2 Å². The predicted molar refractivity (Wildman–Crippen MR) is 134 cm³/mol. The zero-order chi connectivity index (χ0) is 23.4. The lowest BCUT2D eigenvalue weighted by atomic mass is 10.2. The Morgan fingerprint density at radius 2 is 1.79 bits per heavy atom. The Hall–Kier alpha value is -3.20. The number of methoxy groups -OCH3 is 1. The van der Waals surface area contributed by atoms with Crippen LogP contribution in [0.5, 0.6) is 11.5 Å². The average Bonchev–Trinajstić information content (AvgIpc) is 3.16. The third kappa shape index (κ3) is 5.24. The number of fused-ring (bicyclic) bond motifs is 1. The monoisotopic (exact) mass is 542 g/mol. The highest BCUT2D eigenvalue weighted by molar-refractivity contribution is 9.10. The Morgan fingerprint density at radius 3 is 2.52 bits per heavy atom. The molecule has 0 spiro atoms. The molecule has 0 saturated heterocycles. The molecule has 1 heterocycles. The van der Waals surface area contributed by atoms with E-state index in [9.17, 15) is 9.59 Å². The predicted octanol–water partition coefficient (Wildman–Crippen LogP) is 6.31. The minimum atomic E-state index is -0.540. The van der Waals surface area contributed by atoms with Gasteiger partial charge in [-0.1, -0.05) is 23.7 Å². The molecular weight excluding hydrogens is 528 g/mol. The summed E-state index contributed by atoms with van der Waals surface area (Å²) >= 11 is 11.0. The van der Waals surface area contributed by atoms with Gasteiger partial charge in [-0.15, -0.1) is 11.3 Å². The summed E-state index contributed by atoms with van der Waals surface area (Å²) in [5.41, 5.74) is 3.68. The molecule has 9 heteroatoms. The quantitative estimate of drug-likeness (QED) is 0.134. The molecular formula is C24H16BrClN2O4S. The molecule has 33 heavy (non-hydrogen) atoms. The molecule has 1 N–H and O–H groups in total. The standard InChI is InChI=1S/C24H16BrClN2O4S/c1-31-16-10-11-18-20(12-16)33-22(21(18)26)24(30)32-15-8-6-14(7-9-15)13-27-28-23(29)17-4-2-3-5-19(17)25/h2-13H,1H3,(H,28,29). The van der Waals surface area contributed by atoms with Gasteiger partial charge in [0.15, 0.2) is 0 Å². The van der Waals surface area contributed by atoms with E-state index in [0.29, 0.717) is 37.0 Å². The van der Waals surface area contributed by atoms with E-state index >= 15 is 0 Å². The van der Waals surface area contributed by atoms with Crippen LogP contribution in [0.25, 0.3) is 10.1 Å². The summed E-state index contributed by atoms with van der Waals surface area (Å²) in [7, 11) is 1.58. The van der Waals surface area contributed by atoms with E-state index in [0.717, 1.165) is 10.1 Å². The Morgan fingerprint density at radius 1 is 1.06 bits per heavy atom. The number of hydrogen-bond donors (Lipinski definition) is 1.